The Morgan fingerprint density at radius 3 is 3.00 bits per heavy atom. The average Bonchev–Trinajstić information content (AvgIpc) is 3.09. The van der Waals surface area contributed by atoms with Gasteiger partial charge in [-0.2, -0.15) is 0 Å². The first-order valence-corrected chi connectivity index (χ1v) is 8.24. The van der Waals surface area contributed by atoms with Gasteiger partial charge in [-0.1, -0.05) is 6.07 Å². The molecule has 4 heterocycles. The second kappa shape index (κ2) is 5.53. The van der Waals surface area contributed by atoms with Gasteiger partial charge in [0.15, 0.2) is 0 Å². The smallest absolute Gasteiger partial charge is 0.246 e. The van der Waals surface area contributed by atoms with Crippen LogP contribution in [0.3, 0.4) is 0 Å². The summed E-state index contributed by atoms with van der Waals surface area (Å²) in [6.07, 6.45) is 3.77. The molecule has 4 rings (SSSR count). The zero-order valence-corrected chi connectivity index (χ0v) is 13.1. The largest absolute Gasteiger partial charge is 0.440 e. The van der Waals surface area contributed by atoms with Crippen molar-refractivity contribution in [1.29, 1.82) is 0 Å². The molecule has 5 nitrogen and oxygen atoms in total. The van der Waals surface area contributed by atoms with Crippen molar-refractivity contribution in [2.75, 3.05) is 11.4 Å². The van der Waals surface area contributed by atoms with Gasteiger partial charge in [0.25, 0.3) is 0 Å². The third-order valence-corrected chi connectivity index (χ3v) is 4.54. The molecule has 0 saturated carbocycles. The molecule has 0 N–H and O–H groups in total. The van der Waals surface area contributed by atoms with Gasteiger partial charge < -0.3 is 9.32 Å². The molecule has 0 bridgehead atoms. The molecule has 0 spiro atoms. The maximum absolute atomic E-state index is 5.96. The maximum Gasteiger partial charge on any atom is 0.246 e. The number of pyridine rings is 1. The van der Waals surface area contributed by atoms with Crippen molar-refractivity contribution in [2.24, 2.45) is 0 Å². The molecule has 1 aliphatic heterocycles. The first-order chi connectivity index (χ1) is 10.8. The van der Waals surface area contributed by atoms with Gasteiger partial charge in [0, 0.05) is 24.5 Å². The summed E-state index contributed by atoms with van der Waals surface area (Å²) >= 11 is 1.62. The molecular formula is C16H16N4OS. The molecule has 0 amide bonds. The van der Waals surface area contributed by atoms with E-state index in [1.807, 2.05) is 36.7 Å². The van der Waals surface area contributed by atoms with E-state index in [4.69, 9.17) is 4.42 Å². The van der Waals surface area contributed by atoms with Crippen molar-refractivity contribution in [3.63, 3.8) is 0 Å². The van der Waals surface area contributed by atoms with Gasteiger partial charge in [-0.3, -0.25) is 0 Å². The SMILES string of the molecule is Cc1nc(-c2nc3c(o2)CCCN(c2ccccn2)C3)cs1. The molecule has 0 unspecified atom stereocenters. The van der Waals surface area contributed by atoms with Crippen LogP contribution >= 0.6 is 11.3 Å². The highest BCUT2D eigenvalue weighted by atomic mass is 32.1. The van der Waals surface area contributed by atoms with E-state index in [0.29, 0.717) is 5.89 Å². The van der Waals surface area contributed by atoms with Crippen LogP contribution in [0.2, 0.25) is 0 Å². The van der Waals surface area contributed by atoms with Crippen molar-refractivity contribution in [3.05, 3.63) is 46.2 Å². The molecule has 0 fully saturated rings. The number of nitrogens with zero attached hydrogens (tertiary/aromatic N) is 4. The zero-order valence-electron chi connectivity index (χ0n) is 12.3. The van der Waals surface area contributed by atoms with Gasteiger partial charge in [-0.25, -0.2) is 15.0 Å². The third-order valence-electron chi connectivity index (χ3n) is 3.76. The standard InChI is InChI=1S/C16H16N4OS/c1-11-18-13(10-22-11)16-19-12-9-20(8-4-5-14(12)21-16)15-6-2-3-7-17-15/h2-3,6-7,10H,4-5,8-9H2,1H3. The Morgan fingerprint density at radius 1 is 1.27 bits per heavy atom. The number of thiazole rings is 1. The van der Waals surface area contributed by atoms with Crippen LogP contribution in [0, 0.1) is 6.92 Å². The monoisotopic (exact) mass is 312 g/mol. The van der Waals surface area contributed by atoms with Crippen molar-refractivity contribution in [3.8, 4) is 11.6 Å². The molecule has 0 saturated heterocycles. The van der Waals surface area contributed by atoms with E-state index < -0.39 is 0 Å². The highest BCUT2D eigenvalue weighted by Crippen LogP contribution is 2.28. The van der Waals surface area contributed by atoms with Gasteiger partial charge in [-0.15, -0.1) is 11.3 Å². The summed E-state index contributed by atoms with van der Waals surface area (Å²) in [6, 6.07) is 5.99. The molecule has 3 aromatic heterocycles. The molecule has 3 aromatic rings. The Balaban J connectivity index is 1.65. The molecule has 6 heteroatoms. The summed E-state index contributed by atoms with van der Waals surface area (Å²) < 4.78 is 5.96. The summed E-state index contributed by atoms with van der Waals surface area (Å²) in [5.41, 5.74) is 1.84. The van der Waals surface area contributed by atoms with Crippen molar-refractivity contribution < 1.29 is 4.42 Å². The molecule has 1 aliphatic rings. The molecule has 0 radical (unpaired) electrons. The molecule has 0 aromatic carbocycles. The zero-order chi connectivity index (χ0) is 14.9. The molecular weight excluding hydrogens is 296 g/mol. The van der Waals surface area contributed by atoms with E-state index in [2.05, 4.69) is 19.9 Å². The fourth-order valence-corrected chi connectivity index (χ4v) is 3.29. The minimum atomic E-state index is 0.636. The van der Waals surface area contributed by atoms with Gasteiger partial charge in [0.2, 0.25) is 5.89 Å². The quantitative estimate of drug-likeness (QED) is 0.725. The van der Waals surface area contributed by atoms with Crippen LogP contribution in [0.1, 0.15) is 22.9 Å². The molecule has 0 aliphatic carbocycles. The number of anilines is 1. The molecule has 112 valence electrons. The highest BCUT2D eigenvalue weighted by molar-refractivity contribution is 7.09. The van der Waals surface area contributed by atoms with E-state index >= 15 is 0 Å². The Kier molecular flexibility index (Phi) is 3.38. The Bertz CT molecular complexity index is 781. The number of aryl methyl sites for hydroxylation is 2. The van der Waals surface area contributed by atoms with Gasteiger partial charge in [0.1, 0.15) is 23.0 Å². The third kappa shape index (κ3) is 2.50. The van der Waals surface area contributed by atoms with Gasteiger partial charge in [0.05, 0.1) is 11.6 Å². The molecule has 0 atom stereocenters. The summed E-state index contributed by atoms with van der Waals surface area (Å²) in [4.78, 5) is 15.8. The van der Waals surface area contributed by atoms with E-state index in [0.717, 1.165) is 53.9 Å². The number of hydrogen-bond acceptors (Lipinski definition) is 6. The van der Waals surface area contributed by atoms with Crippen LogP contribution in [0.25, 0.3) is 11.6 Å². The van der Waals surface area contributed by atoms with Gasteiger partial charge >= 0.3 is 0 Å². The van der Waals surface area contributed by atoms with Crippen LogP contribution in [0.4, 0.5) is 5.82 Å². The Hall–Kier alpha value is -2.21. The highest BCUT2D eigenvalue weighted by Gasteiger charge is 2.22. The minimum absolute atomic E-state index is 0.636. The lowest BCUT2D eigenvalue weighted by atomic mass is 10.2. The van der Waals surface area contributed by atoms with E-state index in [1.54, 1.807) is 11.3 Å². The Labute approximate surface area is 132 Å². The topological polar surface area (TPSA) is 55.1 Å². The fourth-order valence-electron chi connectivity index (χ4n) is 2.70. The second-order valence-corrected chi connectivity index (χ2v) is 6.42. The lowest BCUT2D eigenvalue weighted by molar-refractivity contribution is 0.511. The summed E-state index contributed by atoms with van der Waals surface area (Å²) in [7, 11) is 0. The first-order valence-electron chi connectivity index (χ1n) is 7.36. The minimum Gasteiger partial charge on any atom is -0.440 e. The number of fused-ring (bicyclic) bond motifs is 1. The predicted octanol–water partition coefficient (Wildman–Crippen LogP) is 3.45. The van der Waals surface area contributed by atoms with Crippen LogP contribution in [-0.2, 0) is 13.0 Å². The van der Waals surface area contributed by atoms with Crippen molar-refractivity contribution >= 4 is 17.2 Å². The fraction of sp³-hybridized carbons (Fsp3) is 0.312. The summed E-state index contributed by atoms with van der Waals surface area (Å²) in [5.74, 6) is 2.61. The van der Waals surface area contributed by atoms with Crippen LogP contribution in [0.15, 0.2) is 34.2 Å². The lowest BCUT2D eigenvalue weighted by Gasteiger charge is -2.20. The number of hydrogen-bond donors (Lipinski definition) is 0. The second-order valence-electron chi connectivity index (χ2n) is 5.35. The Morgan fingerprint density at radius 2 is 2.23 bits per heavy atom. The maximum atomic E-state index is 5.96. The first kappa shape index (κ1) is 13.5. The van der Waals surface area contributed by atoms with Crippen LogP contribution in [-0.4, -0.2) is 21.5 Å². The van der Waals surface area contributed by atoms with E-state index in [9.17, 15) is 0 Å². The number of aromatic nitrogens is 3. The summed E-state index contributed by atoms with van der Waals surface area (Å²) in [5, 5.41) is 3.02. The molecule has 22 heavy (non-hydrogen) atoms. The van der Waals surface area contributed by atoms with Crippen LogP contribution in [0.5, 0.6) is 0 Å². The van der Waals surface area contributed by atoms with Crippen molar-refractivity contribution in [2.45, 2.75) is 26.3 Å². The average molecular weight is 312 g/mol. The van der Waals surface area contributed by atoms with Crippen molar-refractivity contribution in [1.82, 2.24) is 15.0 Å². The van der Waals surface area contributed by atoms with E-state index in [-0.39, 0.29) is 0 Å². The summed E-state index contributed by atoms with van der Waals surface area (Å²) in [6.45, 7) is 3.69. The van der Waals surface area contributed by atoms with Crippen LogP contribution < -0.4 is 4.90 Å². The number of oxazole rings is 1. The van der Waals surface area contributed by atoms with Gasteiger partial charge in [-0.05, 0) is 25.5 Å². The predicted molar refractivity (Wildman–Crippen MR) is 86.0 cm³/mol. The number of rotatable bonds is 2. The van der Waals surface area contributed by atoms with E-state index in [1.165, 1.54) is 0 Å². The lowest BCUT2D eigenvalue weighted by Crippen LogP contribution is -2.23. The normalized spacial score (nSPS) is 14.7.